The van der Waals surface area contributed by atoms with E-state index in [4.69, 9.17) is 5.73 Å². The van der Waals surface area contributed by atoms with Crippen LogP contribution in [0.25, 0.3) is 0 Å². The second-order valence-electron chi connectivity index (χ2n) is 4.95. The molecule has 1 amide bonds. The summed E-state index contributed by atoms with van der Waals surface area (Å²) in [4.78, 5) is 13.6. The van der Waals surface area contributed by atoms with E-state index in [0.29, 0.717) is 6.42 Å². The second kappa shape index (κ2) is 5.80. The minimum absolute atomic E-state index is 0.00463. The summed E-state index contributed by atoms with van der Waals surface area (Å²) >= 11 is 0. The molecule has 0 spiro atoms. The fourth-order valence-corrected chi connectivity index (χ4v) is 3.34. The molecule has 0 unspecified atom stereocenters. The number of nitrogens with two attached hydrogens (primary N) is 1. The zero-order valence-corrected chi connectivity index (χ0v) is 11.8. The lowest BCUT2D eigenvalue weighted by Crippen LogP contribution is -2.50. The molecule has 2 rings (SSSR count). The lowest BCUT2D eigenvalue weighted by molar-refractivity contribution is -0.132. The number of carbonyl (C=O) groups excluding carboxylic acids is 1. The van der Waals surface area contributed by atoms with Crippen LogP contribution in [0.1, 0.15) is 5.56 Å². The highest BCUT2D eigenvalue weighted by Gasteiger charge is 2.28. The normalized spacial score (nSPS) is 19.6. The maximum absolute atomic E-state index is 12.1. The number of rotatable bonds is 3. The molecule has 20 heavy (non-hydrogen) atoms. The molecule has 1 heterocycles. The standard InChI is InChI=1S/C13H18N2O4S/c14-12(9-10-1-3-11(16)4-2-10)13(17)15-5-7-20(18,19)8-6-15/h1-4,12,16H,5-9,14H2/t12-/m1/s1. The number of hydrogen-bond acceptors (Lipinski definition) is 5. The zero-order chi connectivity index (χ0) is 14.8. The summed E-state index contributed by atoms with van der Waals surface area (Å²) in [6.45, 7) is 0.425. The van der Waals surface area contributed by atoms with Crippen molar-refractivity contribution < 1.29 is 18.3 Å². The van der Waals surface area contributed by atoms with Gasteiger partial charge in [0.05, 0.1) is 17.5 Å². The van der Waals surface area contributed by atoms with Gasteiger partial charge in [-0.2, -0.15) is 0 Å². The van der Waals surface area contributed by atoms with Gasteiger partial charge in [-0.25, -0.2) is 8.42 Å². The lowest BCUT2D eigenvalue weighted by Gasteiger charge is -2.29. The summed E-state index contributed by atoms with van der Waals surface area (Å²) in [6, 6.07) is 5.81. The molecular weight excluding hydrogens is 280 g/mol. The fraction of sp³-hybridized carbons (Fsp3) is 0.462. The van der Waals surface area contributed by atoms with Crippen molar-refractivity contribution in [2.45, 2.75) is 12.5 Å². The van der Waals surface area contributed by atoms with Crippen LogP contribution in [0.3, 0.4) is 0 Å². The maximum Gasteiger partial charge on any atom is 0.239 e. The van der Waals surface area contributed by atoms with Crippen LogP contribution < -0.4 is 5.73 Å². The first-order valence-electron chi connectivity index (χ1n) is 6.40. The van der Waals surface area contributed by atoms with Crippen molar-refractivity contribution in [2.75, 3.05) is 24.6 Å². The predicted octanol–water partition coefficient (Wildman–Crippen LogP) is -0.481. The van der Waals surface area contributed by atoms with Gasteiger partial charge in [-0.1, -0.05) is 12.1 Å². The Morgan fingerprint density at radius 1 is 1.25 bits per heavy atom. The van der Waals surface area contributed by atoms with Crippen LogP contribution in [0.15, 0.2) is 24.3 Å². The van der Waals surface area contributed by atoms with E-state index < -0.39 is 15.9 Å². The van der Waals surface area contributed by atoms with Crippen molar-refractivity contribution >= 4 is 15.7 Å². The average molecular weight is 298 g/mol. The number of hydrogen-bond donors (Lipinski definition) is 2. The largest absolute Gasteiger partial charge is 0.508 e. The molecule has 0 saturated carbocycles. The summed E-state index contributed by atoms with van der Waals surface area (Å²) in [7, 11) is -3.00. The second-order valence-corrected chi connectivity index (χ2v) is 7.26. The van der Waals surface area contributed by atoms with Gasteiger partial charge in [0.15, 0.2) is 9.84 Å². The van der Waals surface area contributed by atoms with Crippen LogP contribution in [-0.2, 0) is 21.1 Å². The van der Waals surface area contributed by atoms with E-state index in [-0.39, 0.29) is 36.3 Å². The smallest absolute Gasteiger partial charge is 0.239 e. The van der Waals surface area contributed by atoms with Crippen LogP contribution in [0.2, 0.25) is 0 Å². The van der Waals surface area contributed by atoms with Crippen molar-refractivity contribution in [3.8, 4) is 5.75 Å². The Kier molecular flexibility index (Phi) is 4.29. The third kappa shape index (κ3) is 3.71. The molecule has 0 aromatic heterocycles. The number of phenolic OH excluding ortho intramolecular Hbond substituents is 1. The lowest BCUT2D eigenvalue weighted by atomic mass is 10.1. The summed E-state index contributed by atoms with van der Waals surface area (Å²) in [5, 5.41) is 9.19. The topological polar surface area (TPSA) is 101 Å². The summed E-state index contributed by atoms with van der Waals surface area (Å²) < 4.78 is 22.6. The van der Waals surface area contributed by atoms with Gasteiger partial charge >= 0.3 is 0 Å². The van der Waals surface area contributed by atoms with Crippen molar-refractivity contribution in [1.82, 2.24) is 4.90 Å². The number of aromatic hydroxyl groups is 1. The highest BCUT2D eigenvalue weighted by atomic mass is 32.2. The van der Waals surface area contributed by atoms with Gasteiger partial charge in [0.25, 0.3) is 0 Å². The number of phenols is 1. The van der Waals surface area contributed by atoms with Gasteiger partial charge in [-0.3, -0.25) is 4.79 Å². The summed E-state index contributed by atoms with van der Waals surface area (Å²) in [5.41, 5.74) is 6.74. The zero-order valence-electron chi connectivity index (χ0n) is 11.0. The SMILES string of the molecule is N[C@H](Cc1ccc(O)cc1)C(=O)N1CCS(=O)(=O)CC1. The summed E-state index contributed by atoms with van der Waals surface area (Å²) in [5.74, 6) is -0.0575. The minimum Gasteiger partial charge on any atom is -0.508 e. The number of benzene rings is 1. The molecule has 1 aromatic carbocycles. The van der Waals surface area contributed by atoms with Gasteiger partial charge in [0.2, 0.25) is 5.91 Å². The van der Waals surface area contributed by atoms with Crippen molar-refractivity contribution in [2.24, 2.45) is 5.73 Å². The molecule has 1 saturated heterocycles. The van der Waals surface area contributed by atoms with E-state index in [2.05, 4.69) is 0 Å². The Labute approximate surface area is 118 Å². The minimum atomic E-state index is -3.00. The average Bonchev–Trinajstić information content (AvgIpc) is 2.40. The van der Waals surface area contributed by atoms with Crippen LogP contribution in [0.5, 0.6) is 5.75 Å². The van der Waals surface area contributed by atoms with Crippen molar-refractivity contribution in [3.63, 3.8) is 0 Å². The quantitative estimate of drug-likeness (QED) is 0.785. The maximum atomic E-state index is 12.1. The Morgan fingerprint density at radius 2 is 1.80 bits per heavy atom. The molecule has 6 nitrogen and oxygen atoms in total. The third-order valence-electron chi connectivity index (χ3n) is 3.37. The van der Waals surface area contributed by atoms with E-state index in [1.807, 2.05) is 0 Å². The van der Waals surface area contributed by atoms with E-state index in [1.54, 1.807) is 24.3 Å². The first kappa shape index (κ1) is 14.8. The molecule has 1 aromatic rings. The molecule has 0 radical (unpaired) electrons. The molecule has 1 fully saturated rings. The molecule has 1 aliphatic heterocycles. The van der Waals surface area contributed by atoms with Crippen LogP contribution in [0, 0.1) is 0 Å². The molecule has 1 aliphatic rings. The Balaban J connectivity index is 1.94. The molecule has 0 bridgehead atoms. The Bertz CT molecular complexity index is 569. The number of nitrogens with zero attached hydrogens (tertiary/aromatic N) is 1. The molecule has 3 N–H and O–H groups in total. The molecule has 1 atom stereocenters. The van der Waals surface area contributed by atoms with Gasteiger partial charge < -0.3 is 15.7 Å². The molecule has 110 valence electrons. The van der Waals surface area contributed by atoms with Crippen LogP contribution in [-0.4, -0.2) is 55.0 Å². The van der Waals surface area contributed by atoms with Crippen molar-refractivity contribution in [1.29, 1.82) is 0 Å². The molecule has 0 aliphatic carbocycles. The van der Waals surface area contributed by atoms with E-state index in [9.17, 15) is 18.3 Å². The third-order valence-corrected chi connectivity index (χ3v) is 4.97. The molecular formula is C13H18N2O4S. The number of amides is 1. The van der Waals surface area contributed by atoms with Crippen LogP contribution in [0.4, 0.5) is 0 Å². The number of carbonyl (C=O) groups is 1. The monoisotopic (exact) mass is 298 g/mol. The highest BCUT2D eigenvalue weighted by molar-refractivity contribution is 7.91. The Morgan fingerprint density at radius 3 is 2.35 bits per heavy atom. The first-order chi connectivity index (χ1) is 9.37. The van der Waals surface area contributed by atoms with Gasteiger partial charge in [-0.15, -0.1) is 0 Å². The Hall–Kier alpha value is -1.60. The van der Waals surface area contributed by atoms with E-state index in [1.165, 1.54) is 4.90 Å². The van der Waals surface area contributed by atoms with Gasteiger partial charge in [0, 0.05) is 13.1 Å². The fourth-order valence-electron chi connectivity index (χ4n) is 2.14. The van der Waals surface area contributed by atoms with Gasteiger partial charge in [0.1, 0.15) is 5.75 Å². The predicted molar refractivity (Wildman–Crippen MR) is 75.0 cm³/mol. The number of sulfone groups is 1. The van der Waals surface area contributed by atoms with E-state index in [0.717, 1.165) is 5.56 Å². The van der Waals surface area contributed by atoms with Crippen molar-refractivity contribution in [3.05, 3.63) is 29.8 Å². The van der Waals surface area contributed by atoms with Crippen LogP contribution >= 0.6 is 0 Å². The summed E-state index contributed by atoms with van der Waals surface area (Å²) in [6.07, 6.45) is 0.363. The van der Waals surface area contributed by atoms with E-state index >= 15 is 0 Å². The molecule has 7 heteroatoms. The van der Waals surface area contributed by atoms with Gasteiger partial charge in [-0.05, 0) is 24.1 Å². The highest BCUT2D eigenvalue weighted by Crippen LogP contribution is 2.12. The first-order valence-corrected chi connectivity index (χ1v) is 8.22.